The van der Waals surface area contributed by atoms with E-state index in [1.54, 1.807) is 0 Å². The number of benzene rings is 1. The van der Waals surface area contributed by atoms with Crippen LogP contribution in [0.1, 0.15) is 23.5 Å². The number of morpholine rings is 1. The molecule has 0 aromatic heterocycles. The molecule has 2 aliphatic rings. The first-order chi connectivity index (χ1) is 9.88. The van der Waals surface area contributed by atoms with Gasteiger partial charge >= 0.3 is 0 Å². The molecular formula is C16H24N2O2. The molecule has 2 aliphatic heterocycles. The number of rotatable bonds is 5. The molecule has 0 saturated carbocycles. The first-order valence-electron chi connectivity index (χ1n) is 7.61. The van der Waals surface area contributed by atoms with Crippen LogP contribution >= 0.6 is 0 Å². The van der Waals surface area contributed by atoms with Crippen LogP contribution in [0, 0.1) is 0 Å². The van der Waals surface area contributed by atoms with Crippen LogP contribution in [0.2, 0.25) is 0 Å². The Morgan fingerprint density at radius 2 is 2.35 bits per heavy atom. The standard InChI is InChI=1S/C16H24N2O2/c1-17-6-4-14(16-11-18-7-9-20-16)12-2-3-15-13(10-12)5-8-19-15/h2-3,10,14,16-18H,4-9,11H2,1H3. The van der Waals surface area contributed by atoms with Crippen LogP contribution < -0.4 is 15.4 Å². The summed E-state index contributed by atoms with van der Waals surface area (Å²) in [6.45, 7) is 4.56. The van der Waals surface area contributed by atoms with Gasteiger partial charge in [-0.25, -0.2) is 0 Å². The average molecular weight is 276 g/mol. The van der Waals surface area contributed by atoms with E-state index >= 15 is 0 Å². The Kier molecular flexibility index (Phi) is 4.55. The van der Waals surface area contributed by atoms with Gasteiger partial charge in [0.25, 0.3) is 0 Å². The summed E-state index contributed by atoms with van der Waals surface area (Å²) in [6.07, 6.45) is 2.41. The molecule has 110 valence electrons. The Labute approximate surface area is 120 Å². The third-order valence-corrected chi connectivity index (χ3v) is 4.25. The number of nitrogens with one attached hydrogen (secondary N) is 2. The van der Waals surface area contributed by atoms with Crippen molar-refractivity contribution in [2.45, 2.75) is 24.9 Å². The SMILES string of the molecule is CNCCC(c1ccc2c(c1)CCO2)C1CNCCO1. The maximum Gasteiger partial charge on any atom is 0.122 e. The van der Waals surface area contributed by atoms with E-state index in [0.29, 0.717) is 5.92 Å². The van der Waals surface area contributed by atoms with Crippen LogP contribution in [0.15, 0.2) is 18.2 Å². The summed E-state index contributed by atoms with van der Waals surface area (Å²) in [4.78, 5) is 0. The Hall–Kier alpha value is -1.10. The minimum Gasteiger partial charge on any atom is -0.493 e. The number of fused-ring (bicyclic) bond motifs is 1. The summed E-state index contributed by atoms with van der Waals surface area (Å²) in [7, 11) is 2.01. The van der Waals surface area contributed by atoms with Crippen molar-refractivity contribution in [2.24, 2.45) is 0 Å². The summed E-state index contributed by atoms with van der Waals surface area (Å²) >= 11 is 0. The molecular weight excluding hydrogens is 252 g/mol. The van der Waals surface area contributed by atoms with E-state index in [-0.39, 0.29) is 6.10 Å². The molecule has 3 rings (SSSR count). The molecule has 1 aromatic carbocycles. The molecule has 0 bridgehead atoms. The Morgan fingerprint density at radius 1 is 1.40 bits per heavy atom. The molecule has 2 atom stereocenters. The fourth-order valence-corrected chi connectivity index (χ4v) is 3.15. The van der Waals surface area contributed by atoms with Crippen LogP contribution in [0.4, 0.5) is 0 Å². The van der Waals surface area contributed by atoms with Crippen LogP contribution in [-0.2, 0) is 11.2 Å². The highest BCUT2D eigenvalue weighted by atomic mass is 16.5. The van der Waals surface area contributed by atoms with Gasteiger partial charge in [0.05, 0.1) is 19.3 Å². The molecule has 2 heterocycles. The van der Waals surface area contributed by atoms with Crippen LogP contribution in [0.3, 0.4) is 0 Å². The van der Waals surface area contributed by atoms with Crippen molar-refractivity contribution < 1.29 is 9.47 Å². The van der Waals surface area contributed by atoms with E-state index in [4.69, 9.17) is 9.47 Å². The van der Waals surface area contributed by atoms with Gasteiger partial charge in [0.1, 0.15) is 5.75 Å². The molecule has 4 heteroatoms. The van der Waals surface area contributed by atoms with E-state index in [0.717, 1.165) is 51.4 Å². The highest BCUT2D eigenvalue weighted by Crippen LogP contribution is 2.32. The monoisotopic (exact) mass is 276 g/mol. The zero-order valence-electron chi connectivity index (χ0n) is 12.2. The van der Waals surface area contributed by atoms with E-state index in [1.807, 2.05) is 7.05 Å². The molecule has 1 saturated heterocycles. The Morgan fingerprint density at radius 3 is 3.15 bits per heavy atom. The molecule has 0 aliphatic carbocycles. The molecule has 2 N–H and O–H groups in total. The summed E-state index contributed by atoms with van der Waals surface area (Å²) in [5.41, 5.74) is 2.74. The molecule has 0 amide bonds. The molecule has 2 unspecified atom stereocenters. The lowest BCUT2D eigenvalue weighted by Gasteiger charge is -2.31. The summed E-state index contributed by atoms with van der Waals surface area (Å²) in [5, 5.41) is 6.70. The number of hydrogen-bond acceptors (Lipinski definition) is 4. The van der Waals surface area contributed by atoms with Gasteiger partial charge in [-0.1, -0.05) is 12.1 Å². The molecule has 0 radical (unpaired) electrons. The highest BCUT2D eigenvalue weighted by molar-refractivity contribution is 5.41. The fourth-order valence-electron chi connectivity index (χ4n) is 3.15. The van der Waals surface area contributed by atoms with Crippen LogP contribution in [0.25, 0.3) is 0 Å². The van der Waals surface area contributed by atoms with Crippen molar-refractivity contribution in [1.82, 2.24) is 10.6 Å². The largest absolute Gasteiger partial charge is 0.493 e. The number of hydrogen-bond donors (Lipinski definition) is 2. The molecule has 1 fully saturated rings. The van der Waals surface area contributed by atoms with Gasteiger partial charge in [-0.2, -0.15) is 0 Å². The smallest absolute Gasteiger partial charge is 0.122 e. The van der Waals surface area contributed by atoms with E-state index in [2.05, 4.69) is 28.8 Å². The van der Waals surface area contributed by atoms with Crippen molar-refractivity contribution >= 4 is 0 Å². The minimum absolute atomic E-state index is 0.275. The Balaban J connectivity index is 1.80. The quantitative estimate of drug-likeness (QED) is 0.851. The van der Waals surface area contributed by atoms with Gasteiger partial charge in [-0.15, -0.1) is 0 Å². The van der Waals surface area contributed by atoms with Gasteiger partial charge in [0, 0.05) is 25.4 Å². The summed E-state index contributed by atoms with van der Waals surface area (Å²) < 4.78 is 11.6. The zero-order chi connectivity index (χ0) is 13.8. The maximum atomic E-state index is 5.99. The topological polar surface area (TPSA) is 42.5 Å². The van der Waals surface area contributed by atoms with Gasteiger partial charge in [0.2, 0.25) is 0 Å². The zero-order valence-corrected chi connectivity index (χ0v) is 12.2. The van der Waals surface area contributed by atoms with Crippen molar-refractivity contribution in [2.75, 3.05) is 39.9 Å². The highest BCUT2D eigenvalue weighted by Gasteiger charge is 2.26. The van der Waals surface area contributed by atoms with Crippen molar-refractivity contribution in [1.29, 1.82) is 0 Å². The van der Waals surface area contributed by atoms with Crippen molar-refractivity contribution in [3.8, 4) is 5.75 Å². The third-order valence-electron chi connectivity index (χ3n) is 4.25. The van der Waals surface area contributed by atoms with Crippen LogP contribution in [0.5, 0.6) is 5.75 Å². The summed E-state index contributed by atoms with van der Waals surface area (Å²) in [5.74, 6) is 1.50. The molecule has 4 nitrogen and oxygen atoms in total. The van der Waals surface area contributed by atoms with Gasteiger partial charge in [-0.05, 0) is 37.2 Å². The van der Waals surface area contributed by atoms with Crippen molar-refractivity contribution in [3.63, 3.8) is 0 Å². The Bertz CT molecular complexity index is 444. The van der Waals surface area contributed by atoms with Crippen molar-refractivity contribution in [3.05, 3.63) is 29.3 Å². The van der Waals surface area contributed by atoms with Gasteiger partial charge in [0.15, 0.2) is 0 Å². The molecule has 1 aromatic rings. The fraction of sp³-hybridized carbons (Fsp3) is 0.625. The maximum absolute atomic E-state index is 5.99. The number of ether oxygens (including phenoxy) is 2. The minimum atomic E-state index is 0.275. The predicted octanol–water partition coefficient (Wildman–Crippen LogP) is 1.30. The van der Waals surface area contributed by atoms with Gasteiger partial charge < -0.3 is 20.1 Å². The second-order valence-corrected chi connectivity index (χ2v) is 5.58. The van der Waals surface area contributed by atoms with E-state index in [1.165, 1.54) is 11.1 Å². The van der Waals surface area contributed by atoms with E-state index < -0.39 is 0 Å². The molecule has 20 heavy (non-hydrogen) atoms. The van der Waals surface area contributed by atoms with E-state index in [9.17, 15) is 0 Å². The van der Waals surface area contributed by atoms with Crippen LogP contribution in [-0.4, -0.2) is 46.0 Å². The lowest BCUT2D eigenvalue weighted by atomic mass is 9.88. The first kappa shape index (κ1) is 13.9. The normalized spacial score (nSPS) is 23.1. The lowest BCUT2D eigenvalue weighted by Crippen LogP contribution is -2.42. The average Bonchev–Trinajstić information content (AvgIpc) is 2.96. The lowest BCUT2D eigenvalue weighted by molar-refractivity contribution is 0.00942. The van der Waals surface area contributed by atoms with Gasteiger partial charge in [-0.3, -0.25) is 0 Å². The second-order valence-electron chi connectivity index (χ2n) is 5.58. The second kappa shape index (κ2) is 6.57. The predicted molar refractivity (Wildman–Crippen MR) is 79.5 cm³/mol. The first-order valence-corrected chi connectivity index (χ1v) is 7.61. The third kappa shape index (κ3) is 2.97. The summed E-state index contributed by atoms with van der Waals surface area (Å²) in [6, 6.07) is 6.66. The molecule has 0 spiro atoms.